The van der Waals surface area contributed by atoms with Crippen LogP contribution in [0.4, 0.5) is 5.00 Å². The van der Waals surface area contributed by atoms with Crippen LogP contribution < -0.4 is 4.90 Å². The van der Waals surface area contributed by atoms with E-state index in [-0.39, 0.29) is 22.8 Å². The second-order valence-corrected chi connectivity index (χ2v) is 12.7. The Morgan fingerprint density at radius 2 is 1.88 bits per heavy atom. The number of carbonyl (C=O) groups excluding carboxylic acids is 1. The van der Waals surface area contributed by atoms with Crippen LogP contribution in [0.1, 0.15) is 48.8 Å². The molecule has 0 N–H and O–H groups in total. The van der Waals surface area contributed by atoms with Crippen molar-refractivity contribution in [3.05, 3.63) is 16.5 Å². The third-order valence-corrected chi connectivity index (χ3v) is 9.35. The van der Waals surface area contributed by atoms with Crippen LogP contribution in [0, 0.1) is 11.3 Å². The van der Waals surface area contributed by atoms with Crippen molar-refractivity contribution in [2.75, 3.05) is 43.1 Å². The van der Waals surface area contributed by atoms with Crippen molar-refractivity contribution in [2.45, 2.75) is 39.0 Å². The Hall–Kier alpha value is -1.08. The van der Waals surface area contributed by atoms with Crippen molar-refractivity contribution in [1.29, 1.82) is 0 Å². The van der Waals surface area contributed by atoms with Gasteiger partial charge in [-0.2, -0.15) is 0 Å². The lowest BCUT2D eigenvalue weighted by Crippen LogP contribution is -2.44. The zero-order valence-electron chi connectivity index (χ0n) is 16.0. The van der Waals surface area contributed by atoms with Gasteiger partial charge in [0.1, 0.15) is 5.00 Å². The molecule has 3 fully saturated rings. The Morgan fingerprint density at radius 1 is 1.31 bits per heavy atom. The number of hydrogen-bond donors (Lipinski definition) is 0. The minimum absolute atomic E-state index is 0.00991. The molecule has 5 nitrogen and oxygen atoms in total. The topological polar surface area (TPSA) is 57.7 Å². The van der Waals surface area contributed by atoms with Crippen LogP contribution in [-0.4, -0.2) is 57.4 Å². The molecule has 1 aromatic heterocycles. The monoisotopic (exact) mass is 396 g/mol. The number of fused-ring (bicyclic) bond motifs is 1. The van der Waals surface area contributed by atoms with E-state index in [1.165, 1.54) is 17.7 Å². The van der Waals surface area contributed by atoms with E-state index >= 15 is 0 Å². The molecule has 7 heteroatoms. The van der Waals surface area contributed by atoms with Gasteiger partial charge in [-0.05, 0) is 35.7 Å². The molecule has 1 saturated heterocycles. The molecular weight excluding hydrogens is 368 g/mol. The van der Waals surface area contributed by atoms with Gasteiger partial charge in [-0.3, -0.25) is 4.79 Å². The van der Waals surface area contributed by atoms with E-state index in [1.807, 2.05) is 6.07 Å². The van der Waals surface area contributed by atoms with Crippen LogP contribution in [-0.2, 0) is 15.3 Å². The van der Waals surface area contributed by atoms with E-state index in [2.05, 4.69) is 32.7 Å². The zero-order valence-corrected chi connectivity index (χ0v) is 17.7. The van der Waals surface area contributed by atoms with Crippen molar-refractivity contribution in [3.8, 4) is 0 Å². The molecule has 0 radical (unpaired) electrons. The lowest BCUT2D eigenvalue weighted by molar-refractivity contribution is 0.0771. The number of anilines is 1. The van der Waals surface area contributed by atoms with Crippen molar-refractivity contribution in [1.82, 2.24) is 4.90 Å². The van der Waals surface area contributed by atoms with Gasteiger partial charge in [-0.15, -0.1) is 11.3 Å². The van der Waals surface area contributed by atoms with E-state index in [0.29, 0.717) is 18.5 Å². The van der Waals surface area contributed by atoms with E-state index in [4.69, 9.17) is 0 Å². The van der Waals surface area contributed by atoms with Crippen LogP contribution in [0.25, 0.3) is 0 Å². The fourth-order valence-corrected chi connectivity index (χ4v) is 6.25. The number of hydrogen-bond acceptors (Lipinski definition) is 5. The van der Waals surface area contributed by atoms with Gasteiger partial charge >= 0.3 is 0 Å². The Kier molecular flexibility index (Phi) is 4.02. The normalized spacial score (nSPS) is 29.2. The summed E-state index contributed by atoms with van der Waals surface area (Å²) in [7, 11) is -0.892. The summed E-state index contributed by atoms with van der Waals surface area (Å²) in [5, 5.41) is 1.04. The quantitative estimate of drug-likeness (QED) is 0.785. The standard InChI is InChI=1S/C19H28N2O3S2/c1-18(2,3)15-9-14(16(22)21-5-7-26(23,24)8-6-21)17(25-15)20(4)12-19-10-13(19)11-19/h9,13H,5-8,10-12H2,1-4H3. The summed E-state index contributed by atoms with van der Waals surface area (Å²) in [5.74, 6) is 1.04. The summed E-state index contributed by atoms with van der Waals surface area (Å²) < 4.78 is 23.4. The summed E-state index contributed by atoms with van der Waals surface area (Å²) in [5.41, 5.74) is 1.26. The fraction of sp³-hybridized carbons (Fsp3) is 0.737. The molecule has 0 bridgehead atoms. The van der Waals surface area contributed by atoms with E-state index < -0.39 is 9.84 Å². The Balaban J connectivity index is 1.60. The Labute approximate surface area is 160 Å². The first-order chi connectivity index (χ1) is 12.0. The van der Waals surface area contributed by atoms with Gasteiger partial charge < -0.3 is 9.80 Å². The van der Waals surface area contributed by atoms with Crippen LogP contribution >= 0.6 is 11.3 Å². The molecule has 1 aromatic rings. The molecule has 2 heterocycles. The zero-order chi connectivity index (χ0) is 18.9. The van der Waals surface area contributed by atoms with Gasteiger partial charge in [-0.1, -0.05) is 20.8 Å². The van der Waals surface area contributed by atoms with Gasteiger partial charge in [0.2, 0.25) is 0 Å². The SMILES string of the molecule is CN(CC12CC1C2)c1sc(C(C)(C)C)cc1C(=O)N1CCS(=O)(=O)CC1. The maximum Gasteiger partial charge on any atom is 0.256 e. The average molecular weight is 397 g/mol. The van der Waals surface area contributed by atoms with Crippen LogP contribution in [0.2, 0.25) is 0 Å². The number of rotatable bonds is 4. The Morgan fingerprint density at radius 3 is 2.38 bits per heavy atom. The van der Waals surface area contributed by atoms with E-state index in [1.54, 1.807) is 16.2 Å². The van der Waals surface area contributed by atoms with Gasteiger partial charge in [0, 0.05) is 31.6 Å². The molecule has 0 unspecified atom stereocenters. The first-order valence-electron chi connectivity index (χ1n) is 9.36. The molecule has 1 amide bonds. The van der Waals surface area contributed by atoms with Gasteiger partial charge in [0.15, 0.2) is 9.84 Å². The minimum atomic E-state index is -2.99. The average Bonchev–Trinajstić information content (AvgIpc) is 3.29. The number of nitrogens with zero attached hydrogens (tertiary/aromatic N) is 2. The second-order valence-electron chi connectivity index (χ2n) is 9.35. The summed E-state index contributed by atoms with van der Waals surface area (Å²) in [4.78, 5) is 18.4. The molecule has 0 atom stereocenters. The number of carbonyl (C=O) groups is 1. The van der Waals surface area contributed by atoms with Crippen molar-refractivity contribution in [3.63, 3.8) is 0 Å². The molecule has 26 heavy (non-hydrogen) atoms. The first-order valence-corrected chi connectivity index (χ1v) is 12.0. The lowest BCUT2D eigenvalue weighted by atomic mass is 9.94. The van der Waals surface area contributed by atoms with Gasteiger partial charge in [0.25, 0.3) is 5.91 Å². The summed E-state index contributed by atoms with van der Waals surface area (Å²) >= 11 is 1.71. The molecule has 2 aliphatic carbocycles. The molecule has 3 aliphatic rings. The summed E-state index contributed by atoms with van der Waals surface area (Å²) in [6.07, 6.45) is 2.67. The molecule has 1 aliphatic heterocycles. The molecule has 0 aromatic carbocycles. The summed E-state index contributed by atoms with van der Waals surface area (Å²) in [6, 6.07) is 2.04. The smallest absolute Gasteiger partial charge is 0.256 e. The van der Waals surface area contributed by atoms with Gasteiger partial charge in [-0.25, -0.2) is 8.42 Å². The van der Waals surface area contributed by atoms with Crippen LogP contribution in [0.15, 0.2) is 6.07 Å². The second kappa shape index (κ2) is 5.71. The lowest BCUT2D eigenvalue weighted by Gasteiger charge is -2.28. The van der Waals surface area contributed by atoms with Gasteiger partial charge in [0.05, 0.1) is 17.1 Å². The maximum absolute atomic E-state index is 13.2. The third kappa shape index (κ3) is 3.28. The van der Waals surface area contributed by atoms with Crippen molar-refractivity contribution < 1.29 is 13.2 Å². The first kappa shape index (κ1) is 18.3. The number of sulfone groups is 1. The molecular formula is C19H28N2O3S2. The molecule has 144 valence electrons. The van der Waals surface area contributed by atoms with Crippen molar-refractivity contribution >= 4 is 32.1 Å². The largest absolute Gasteiger partial charge is 0.365 e. The van der Waals surface area contributed by atoms with E-state index in [9.17, 15) is 13.2 Å². The molecule has 4 rings (SSSR count). The van der Waals surface area contributed by atoms with E-state index in [0.717, 1.165) is 23.0 Å². The highest BCUT2D eigenvalue weighted by Crippen LogP contribution is 2.75. The van der Waals surface area contributed by atoms with Crippen LogP contribution in [0.3, 0.4) is 0 Å². The molecule has 0 spiro atoms. The fourth-order valence-electron chi connectivity index (χ4n) is 3.88. The Bertz CT molecular complexity index is 831. The number of thiophene rings is 1. The summed E-state index contributed by atoms with van der Waals surface area (Å²) in [6.45, 7) is 8.13. The molecule has 2 saturated carbocycles. The third-order valence-electron chi connectivity index (χ3n) is 6.06. The highest BCUT2D eigenvalue weighted by atomic mass is 32.2. The predicted octanol–water partition coefficient (Wildman–Crippen LogP) is 2.76. The highest BCUT2D eigenvalue weighted by molar-refractivity contribution is 7.91. The predicted molar refractivity (Wildman–Crippen MR) is 106 cm³/mol. The maximum atomic E-state index is 13.2. The highest BCUT2D eigenvalue weighted by Gasteiger charge is 2.69. The minimum Gasteiger partial charge on any atom is -0.365 e. The van der Waals surface area contributed by atoms with Crippen molar-refractivity contribution in [2.24, 2.45) is 11.3 Å². The number of amides is 1. The van der Waals surface area contributed by atoms with Crippen LogP contribution in [0.5, 0.6) is 0 Å².